The van der Waals surface area contributed by atoms with Gasteiger partial charge in [0.2, 0.25) is 0 Å². The highest BCUT2D eigenvalue weighted by Crippen LogP contribution is 2.21. The predicted octanol–water partition coefficient (Wildman–Crippen LogP) is 3.87. The van der Waals surface area contributed by atoms with E-state index < -0.39 is 0 Å². The number of hydrogen-bond donors (Lipinski definition) is 1. The molecule has 18 heavy (non-hydrogen) atoms. The van der Waals surface area contributed by atoms with Crippen LogP contribution in [0.3, 0.4) is 0 Å². The maximum absolute atomic E-state index is 5.71. The molecule has 0 saturated heterocycles. The summed E-state index contributed by atoms with van der Waals surface area (Å²) in [6.07, 6.45) is 2.28. The van der Waals surface area contributed by atoms with Gasteiger partial charge in [0, 0.05) is 12.6 Å². The maximum Gasteiger partial charge on any atom is 0.119 e. The van der Waals surface area contributed by atoms with Gasteiger partial charge in [-0.2, -0.15) is 0 Å². The number of nitrogens with one attached hydrogen (secondary N) is 1. The standard InChI is InChI=1S/C16H27NO/c1-14(2)17-13-16(3,4)11-8-12-18-15-9-6-5-7-10-15/h5-7,9-10,14,17H,8,11-13H2,1-4H3. The third-order valence-electron chi connectivity index (χ3n) is 3.00. The quantitative estimate of drug-likeness (QED) is 0.706. The average molecular weight is 249 g/mol. The van der Waals surface area contributed by atoms with Crippen LogP contribution in [0.4, 0.5) is 0 Å². The van der Waals surface area contributed by atoms with E-state index in [4.69, 9.17) is 4.74 Å². The van der Waals surface area contributed by atoms with E-state index in [0.717, 1.165) is 25.3 Å². The molecule has 0 spiro atoms. The first-order valence-electron chi connectivity index (χ1n) is 6.91. The number of hydrogen-bond acceptors (Lipinski definition) is 2. The molecule has 0 bridgehead atoms. The molecule has 0 unspecified atom stereocenters. The van der Waals surface area contributed by atoms with Crippen LogP contribution in [0, 0.1) is 5.41 Å². The van der Waals surface area contributed by atoms with E-state index in [1.165, 1.54) is 6.42 Å². The van der Waals surface area contributed by atoms with Crippen LogP contribution in [0.5, 0.6) is 5.75 Å². The summed E-state index contributed by atoms with van der Waals surface area (Å²) in [5, 5.41) is 3.50. The Kier molecular flexibility index (Phi) is 6.20. The van der Waals surface area contributed by atoms with Gasteiger partial charge in [0.1, 0.15) is 5.75 Å². The SMILES string of the molecule is CC(C)NCC(C)(C)CCCOc1ccccc1. The van der Waals surface area contributed by atoms with Gasteiger partial charge in [-0.1, -0.05) is 45.9 Å². The molecule has 0 saturated carbocycles. The van der Waals surface area contributed by atoms with Gasteiger partial charge in [-0.05, 0) is 30.4 Å². The largest absolute Gasteiger partial charge is 0.494 e. The molecule has 0 aromatic heterocycles. The van der Waals surface area contributed by atoms with Gasteiger partial charge in [0.25, 0.3) is 0 Å². The van der Waals surface area contributed by atoms with Gasteiger partial charge in [-0.3, -0.25) is 0 Å². The summed E-state index contributed by atoms with van der Waals surface area (Å²) in [5.41, 5.74) is 0.338. The third-order valence-corrected chi connectivity index (χ3v) is 3.00. The first-order chi connectivity index (χ1) is 8.49. The highest BCUT2D eigenvalue weighted by atomic mass is 16.5. The number of para-hydroxylation sites is 1. The molecule has 0 aliphatic carbocycles. The second-order valence-corrected chi connectivity index (χ2v) is 5.96. The molecule has 0 aliphatic heterocycles. The van der Waals surface area contributed by atoms with Gasteiger partial charge in [-0.25, -0.2) is 0 Å². The minimum atomic E-state index is 0.338. The van der Waals surface area contributed by atoms with Crippen molar-refractivity contribution in [1.82, 2.24) is 5.32 Å². The van der Waals surface area contributed by atoms with Crippen LogP contribution in [0.2, 0.25) is 0 Å². The summed E-state index contributed by atoms with van der Waals surface area (Å²) < 4.78 is 5.71. The van der Waals surface area contributed by atoms with Crippen molar-refractivity contribution in [2.24, 2.45) is 5.41 Å². The third kappa shape index (κ3) is 6.65. The van der Waals surface area contributed by atoms with Crippen molar-refractivity contribution in [2.75, 3.05) is 13.2 Å². The molecule has 1 N–H and O–H groups in total. The van der Waals surface area contributed by atoms with Gasteiger partial charge in [0.15, 0.2) is 0 Å². The number of rotatable bonds is 8. The predicted molar refractivity (Wildman–Crippen MR) is 78.1 cm³/mol. The fourth-order valence-electron chi connectivity index (χ4n) is 1.83. The highest BCUT2D eigenvalue weighted by Gasteiger charge is 2.17. The molecule has 0 aliphatic rings. The second-order valence-electron chi connectivity index (χ2n) is 5.96. The van der Waals surface area contributed by atoms with E-state index in [1.807, 2.05) is 30.3 Å². The summed E-state index contributed by atoms with van der Waals surface area (Å²) in [6.45, 7) is 10.9. The van der Waals surface area contributed by atoms with Crippen LogP contribution >= 0.6 is 0 Å². The van der Waals surface area contributed by atoms with Crippen LogP contribution in [-0.2, 0) is 0 Å². The van der Waals surface area contributed by atoms with Crippen LogP contribution in [-0.4, -0.2) is 19.2 Å². The fraction of sp³-hybridized carbons (Fsp3) is 0.625. The summed E-state index contributed by atoms with van der Waals surface area (Å²) >= 11 is 0. The monoisotopic (exact) mass is 249 g/mol. The Morgan fingerprint density at radius 2 is 1.83 bits per heavy atom. The molecule has 2 heteroatoms. The number of ether oxygens (including phenoxy) is 1. The van der Waals surface area contributed by atoms with Gasteiger partial charge in [-0.15, -0.1) is 0 Å². The van der Waals surface area contributed by atoms with E-state index in [9.17, 15) is 0 Å². The van der Waals surface area contributed by atoms with E-state index in [0.29, 0.717) is 11.5 Å². The summed E-state index contributed by atoms with van der Waals surface area (Å²) in [4.78, 5) is 0. The summed E-state index contributed by atoms with van der Waals surface area (Å²) in [6, 6.07) is 10.6. The lowest BCUT2D eigenvalue weighted by Gasteiger charge is -2.26. The number of benzene rings is 1. The fourth-order valence-corrected chi connectivity index (χ4v) is 1.83. The first-order valence-corrected chi connectivity index (χ1v) is 6.91. The van der Waals surface area contributed by atoms with Crippen molar-refractivity contribution < 1.29 is 4.74 Å². The Labute approximate surface area is 112 Å². The van der Waals surface area contributed by atoms with Crippen molar-refractivity contribution in [3.8, 4) is 5.75 Å². The summed E-state index contributed by atoms with van der Waals surface area (Å²) in [7, 11) is 0. The minimum absolute atomic E-state index is 0.338. The van der Waals surface area contributed by atoms with Crippen LogP contribution in [0.15, 0.2) is 30.3 Å². The Bertz CT molecular complexity index is 319. The van der Waals surface area contributed by atoms with Crippen LogP contribution < -0.4 is 10.1 Å². The Balaban J connectivity index is 2.17. The molecule has 0 atom stereocenters. The first kappa shape index (κ1) is 15.0. The lowest BCUT2D eigenvalue weighted by molar-refractivity contribution is 0.246. The second kappa shape index (κ2) is 7.42. The topological polar surface area (TPSA) is 21.3 Å². The molecule has 0 radical (unpaired) electrons. The minimum Gasteiger partial charge on any atom is -0.494 e. The summed E-state index contributed by atoms with van der Waals surface area (Å²) in [5.74, 6) is 0.968. The van der Waals surface area contributed by atoms with Gasteiger partial charge >= 0.3 is 0 Å². The van der Waals surface area contributed by atoms with Crippen LogP contribution in [0.1, 0.15) is 40.5 Å². The Morgan fingerprint density at radius 3 is 2.44 bits per heavy atom. The van der Waals surface area contributed by atoms with E-state index in [1.54, 1.807) is 0 Å². The average Bonchev–Trinajstić information content (AvgIpc) is 2.34. The molecule has 0 heterocycles. The van der Waals surface area contributed by atoms with Gasteiger partial charge < -0.3 is 10.1 Å². The van der Waals surface area contributed by atoms with E-state index in [-0.39, 0.29) is 0 Å². The lowest BCUT2D eigenvalue weighted by Crippen LogP contribution is -2.34. The van der Waals surface area contributed by atoms with Crippen molar-refractivity contribution >= 4 is 0 Å². The molecule has 0 fully saturated rings. The zero-order valence-corrected chi connectivity index (χ0v) is 12.2. The smallest absolute Gasteiger partial charge is 0.119 e. The van der Waals surface area contributed by atoms with Crippen molar-refractivity contribution in [1.29, 1.82) is 0 Å². The van der Waals surface area contributed by atoms with Crippen molar-refractivity contribution in [3.05, 3.63) is 30.3 Å². The Morgan fingerprint density at radius 1 is 1.17 bits per heavy atom. The van der Waals surface area contributed by atoms with Gasteiger partial charge in [0.05, 0.1) is 6.61 Å². The molecular weight excluding hydrogens is 222 g/mol. The molecule has 0 amide bonds. The zero-order chi connectivity index (χ0) is 13.4. The van der Waals surface area contributed by atoms with Crippen molar-refractivity contribution in [2.45, 2.75) is 46.6 Å². The Hall–Kier alpha value is -1.02. The molecule has 2 nitrogen and oxygen atoms in total. The van der Waals surface area contributed by atoms with Crippen LogP contribution in [0.25, 0.3) is 0 Å². The lowest BCUT2D eigenvalue weighted by atomic mass is 9.87. The maximum atomic E-state index is 5.71. The van der Waals surface area contributed by atoms with E-state index >= 15 is 0 Å². The van der Waals surface area contributed by atoms with E-state index in [2.05, 4.69) is 33.0 Å². The molecule has 1 rings (SSSR count). The zero-order valence-electron chi connectivity index (χ0n) is 12.2. The highest BCUT2D eigenvalue weighted by molar-refractivity contribution is 5.20. The normalized spacial score (nSPS) is 11.8. The van der Waals surface area contributed by atoms with Crippen molar-refractivity contribution in [3.63, 3.8) is 0 Å². The molecule has 1 aromatic rings. The molecule has 102 valence electrons. The molecular formula is C16H27NO. The molecule has 1 aromatic carbocycles.